The van der Waals surface area contributed by atoms with Crippen LogP contribution in [-0.2, 0) is 10.0 Å². The minimum atomic E-state index is -3.81. The fourth-order valence-electron chi connectivity index (χ4n) is 2.06. The summed E-state index contributed by atoms with van der Waals surface area (Å²) in [6.45, 7) is 0. The molecule has 8 heteroatoms. The number of amides is 2. The van der Waals surface area contributed by atoms with Crippen molar-refractivity contribution in [3.63, 3.8) is 0 Å². The minimum Gasteiger partial charge on any atom is -0.322 e. The van der Waals surface area contributed by atoms with Gasteiger partial charge in [-0.1, -0.05) is 0 Å². The molecule has 2 aromatic carbocycles. The predicted molar refractivity (Wildman–Crippen MR) is 75.4 cm³/mol. The summed E-state index contributed by atoms with van der Waals surface area (Å²) in [7, 11) is -3.81. The third kappa shape index (κ3) is 2.44. The van der Waals surface area contributed by atoms with Crippen LogP contribution in [0, 0.1) is 5.82 Å². The second-order valence-corrected chi connectivity index (χ2v) is 6.26. The van der Waals surface area contributed by atoms with Crippen LogP contribution < -0.4 is 10.0 Å². The molecule has 2 amide bonds. The number of hydrogen-bond donors (Lipinski definition) is 2. The maximum absolute atomic E-state index is 12.8. The number of anilines is 1. The predicted octanol–water partition coefficient (Wildman–Crippen LogP) is 1.51. The number of benzene rings is 2. The van der Waals surface area contributed by atoms with Gasteiger partial charge in [0.15, 0.2) is 0 Å². The van der Waals surface area contributed by atoms with Crippen molar-refractivity contribution >= 4 is 27.5 Å². The highest BCUT2D eigenvalue weighted by Gasteiger charge is 2.32. The molecule has 0 radical (unpaired) electrons. The molecule has 1 heterocycles. The fraction of sp³-hybridized carbons (Fsp3) is 0. The molecule has 0 fully saturated rings. The van der Waals surface area contributed by atoms with Gasteiger partial charge in [0, 0.05) is 11.3 Å². The molecule has 0 spiro atoms. The summed E-state index contributed by atoms with van der Waals surface area (Å²) in [4.78, 5) is 23.4. The summed E-state index contributed by atoms with van der Waals surface area (Å²) < 4.78 is 37.9. The molecule has 6 nitrogen and oxygen atoms in total. The van der Waals surface area contributed by atoms with Crippen LogP contribution in [0.25, 0.3) is 0 Å². The Bertz CT molecular complexity index is 892. The maximum atomic E-state index is 12.8. The van der Waals surface area contributed by atoms with E-state index in [1.54, 1.807) is 0 Å². The summed E-state index contributed by atoms with van der Waals surface area (Å²) in [6, 6.07) is 8.82. The quantitative estimate of drug-likeness (QED) is 0.877. The largest absolute Gasteiger partial charge is 0.322 e. The highest BCUT2D eigenvalue weighted by Crippen LogP contribution is 2.25. The van der Waals surface area contributed by atoms with Crippen LogP contribution in [0.3, 0.4) is 0 Å². The molecular weight excluding hydrogens is 311 g/mol. The van der Waals surface area contributed by atoms with Gasteiger partial charge < -0.3 is 5.32 Å². The summed E-state index contributed by atoms with van der Waals surface area (Å²) in [5.41, 5.74) is 0.469. The van der Waals surface area contributed by atoms with Gasteiger partial charge in [0.1, 0.15) is 10.7 Å². The zero-order valence-corrected chi connectivity index (χ0v) is 11.8. The van der Waals surface area contributed by atoms with E-state index in [0.29, 0.717) is 0 Å². The third-order valence-electron chi connectivity index (χ3n) is 3.11. The first-order valence-corrected chi connectivity index (χ1v) is 7.63. The first-order valence-electron chi connectivity index (χ1n) is 6.15. The van der Waals surface area contributed by atoms with E-state index in [9.17, 15) is 22.4 Å². The molecule has 2 aromatic rings. The summed E-state index contributed by atoms with van der Waals surface area (Å²) in [5, 5.41) is 2.52. The molecule has 0 saturated heterocycles. The highest BCUT2D eigenvalue weighted by atomic mass is 32.2. The maximum Gasteiger partial charge on any atom is 0.266 e. The molecule has 1 aliphatic heterocycles. The van der Waals surface area contributed by atoms with Crippen LogP contribution in [0.15, 0.2) is 47.4 Å². The zero-order valence-electron chi connectivity index (χ0n) is 11.0. The fourth-order valence-corrected chi connectivity index (χ4v) is 3.21. The van der Waals surface area contributed by atoms with E-state index in [4.69, 9.17) is 0 Å². The van der Waals surface area contributed by atoms with Crippen molar-refractivity contribution in [3.8, 4) is 0 Å². The van der Waals surface area contributed by atoms with Crippen LogP contribution >= 0.6 is 0 Å². The summed E-state index contributed by atoms with van der Waals surface area (Å²) >= 11 is 0. The van der Waals surface area contributed by atoms with Crippen molar-refractivity contribution in [2.24, 2.45) is 0 Å². The lowest BCUT2D eigenvalue weighted by atomic mass is 10.1. The van der Waals surface area contributed by atoms with Gasteiger partial charge in [-0.25, -0.2) is 17.5 Å². The van der Waals surface area contributed by atoms with Crippen molar-refractivity contribution in [1.29, 1.82) is 0 Å². The van der Waals surface area contributed by atoms with Crippen molar-refractivity contribution in [1.82, 2.24) is 4.72 Å². The number of nitrogens with one attached hydrogen (secondary N) is 2. The number of carbonyl (C=O) groups is 2. The number of fused-ring (bicyclic) bond motifs is 1. The smallest absolute Gasteiger partial charge is 0.266 e. The van der Waals surface area contributed by atoms with Crippen LogP contribution in [-0.4, -0.2) is 20.2 Å². The van der Waals surface area contributed by atoms with E-state index >= 15 is 0 Å². The molecule has 0 aromatic heterocycles. The van der Waals surface area contributed by atoms with Gasteiger partial charge in [-0.05, 0) is 42.5 Å². The molecule has 22 heavy (non-hydrogen) atoms. The second-order valence-electron chi connectivity index (χ2n) is 4.61. The Balaban J connectivity index is 1.89. The molecule has 1 aliphatic rings. The number of hydrogen-bond acceptors (Lipinski definition) is 4. The van der Waals surface area contributed by atoms with Crippen LogP contribution in [0.1, 0.15) is 20.7 Å². The van der Waals surface area contributed by atoms with Crippen molar-refractivity contribution < 1.29 is 22.4 Å². The number of sulfonamides is 1. The Kier molecular flexibility index (Phi) is 3.18. The van der Waals surface area contributed by atoms with Crippen LogP contribution in [0.4, 0.5) is 10.1 Å². The van der Waals surface area contributed by atoms with Gasteiger partial charge in [-0.2, -0.15) is 0 Å². The Morgan fingerprint density at radius 1 is 1.09 bits per heavy atom. The zero-order chi connectivity index (χ0) is 15.9. The average Bonchev–Trinajstić information content (AvgIpc) is 2.69. The van der Waals surface area contributed by atoms with E-state index in [1.807, 2.05) is 4.72 Å². The lowest BCUT2D eigenvalue weighted by Gasteiger charge is -2.06. The molecule has 2 N–H and O–H groups in total. The molecule has 0 unspecified atom stereocenters. The monoisotopic (exact) mass is 320 g/mol. The van der Waals surface area contributed by atoms with Gasteiger partial charge >= 0.3 is 0 Å². The minimum absolute atomic E-state index is 0.0306. The van der Waals surface area contributed by atoms with Crippen LogP contribution in [0.2, 0.25) is 0 Å². The molecule has 3 rings (SSSR count). The second kappa shape index (κ2) is 4.92. The lowest BCUT2D eigenvalue weighted by Crippen LogP contribution is -2.20. The number of rotatable bonds is 2. The van der Waals surface area contributed by atoms with Crippen molar-refractivity contribution in [2.45, 2.75) is 4.90 Å². The topological polar surface area (TPSA) is 92.3 Å². The van der Waals surface area contributed by atoms with E-state index in [2.05, 4.69) is 5.32 Å². The van der Waals surface area contributed by atoms with Gasteiger partial charge in [0.05, 0.1) is 5.56 Å². The Labute approximate surface area is 125 Å². The first-order chi connectivity index (χ1) is 10.4. The van der Waals surface area contributed by atoms with Gasteiger partial charge in [-0.3, -0.25) is 9.59 Å². The molecule has 0 atom stereocenters. The number of halogens is 1. The molecule has 0 aliphatic carbocycles. The molecule has 0 saturated carbocycles. The van der Waals surface area contributed by atoms with E-state index in [0.717, 1.165) is 12.1 Å². The van der Waals surface area contributed by atoms with Crippen LogP contribution in [0.5, 0.6) is 0 Å². The molecule has 112 valence electrons. The van der Waals surface area contributed by atoms with Gasteiger partial charge in [-0.15, -0.1) is 0 Å². The SMILES string of the molecule is O=C(Nc1ccc2c(c1)C(=O)NS2(=O)=O)c1ccc(F)cc1. The Morgan fingerprint density at radius 3 is 2.45 bits per heavy atom. The Morgan fingerprint density at radius 2 is 1.77 bits per heavy atom. The Hall–Kier alpha value is -2.74. The first kappa shape index (κ1) is 14.2. The number of carbonyl (C=O) groups excluding carboxylic acids is 2. The summed E-state index contributed by atoms with van der Waals surface area (Å²) in [5.74, 6) is -1.70. The third-order valence-corrected chi connectivity index (χ3v) is 4.49. The van der Waals surface area contributed by atoms with E-state index in [1.165, 1.54) is 30.3 Å². The average molecular weight is 320 g/mol. The lowest BCUT2D eigenvalue weighted by molar-refractivity contribution is 0.0982. The van der Waals surface area contributed by atoms with Gasteiger partial charge in [0.2, 0.25) is 0 Å². The van der Waals surface area contributed by atoms with Crippen molar-refractivity contribution in [3.05, 3.63) is 59.4 Å². The van der Waals surface area contributed by atoms with Crippen molar-refractivity contribution in [2.75, 3.05) is 5.32 Å². The molecule has 0 bridgehead atoms. The van der Waals surface area contributed by atoms with Gasteiger partial charge in [0.25, 0.3) is 21.8 Å². The normalized spacial score (nSPS) is 15.0. The summed E-state index contributed by atoms with van der Waals surface area (Å²) in [6.07, 6.45) is 0. The standard InChI is InChI=1S/C14H9FN2O4S/c15-9-3-1-8(2-4-9)13(18)16-10-5-6-12-11(7-10)14(19)17-22(12,20)21/h1-7H,(H,16,18)(H,17,19). The van der Waals surface area contributed by atoms with E-state index in [-0.39, 0.29) is 21.7 Å². The highest BCUT2D eigenvalue weighted by molar-refractivity contribution is 7.90. The molecular formula is C14H9FN2O4S. The van der Waals surface area contributed by atoms with E-state index < -0.39 is 27.7 Å².